The van der Waals surface area contributed by atoms with Gasteiger partial charge in [-0.1, -0.05) is 0 Å². The second kappa shape index (κ2) is 8.68. The number of nitrogens with zero attached hydrogens (tertiary/aromatic N) is 3. The molecule has 2 fully saturated rings. The summed E-state index contributed by atoms with van der Waals surface area (Å²) in [5.74, 6) is -0.634. The number of nitrogens with one attached hydrogen (secondary N) is 1. The number of alkyl halides is 1. The fourth-order valence-corrected chi connectivity index (χ4v) is 5.75. The van der Waals surface area contributed by atoms with Crippen molar-refractivity contribution in [1.82, 2.24) is 19.7 Å². The van der Waals surface area contributed by atoms with E-state index in [-0.39, 0.29) is 35.4 Å². The van der Waals surface area contributed by atoms with Crippen molar-refractivity contribution in [2.24, 2.45) is 0 Å². The van der Waals surface area contributed by atoms with Gasteiger partial charge in [-0.15, -0.1) is 0 Å². The van der Waals surface area contributed by atoms with Gasteiger partial charge in [0.25, 0.3) is 11.8 Å². The lowest BCUT2D eigenvalue weighted by Gasteiger charge is -2.34. The summed E-state index contributed by atoms with van der Waals surface area (Å²) in [6, 6.07) is 4.39. The first-order valence-electron chi connectivity index (χ1n) is 11.6. The number of sulfone groups is 1. The van der Waals surface area contributed by atoms with E-state index in [4.69, 9.17) is 9.47 Å². The van der Waals surface area contributed by atoms with Gasteiger partial charge in [-0.3, -0.25) is 9.20 Å². The van der Waals surface area contributed by atoms with Crippen LogP contribution in [0.4, 0.5) is 8.78 Å². The second-order valence-electron chi connectivity index (χ2n) is 9.80. The van der Waals surface area contributed by atoms with E-state index < -0.39 is 32.8 Å². The minimum absolute atomic E-state index is 0.00754. The molecule has 9 nitrogen and oxygen atoms in total. The quantitative estimate of drug-likeness (QED) is 0.507. The number of amides is 1. The van der Waals surface area contributed by atoms with Crippen LogP contribution in [0.3, 0.4) is 0 Å². The molecule has 0 spiro atoms. The number of ether oxygens (including phenoxy) is 2. The molecule has 1 saturated heterocycles. The Morgan fingerprint density at radius 1 is 1.19 bits per heavy atom. The molecular weight excluding hydrogens is 494 g/mol. The van der Waals surface area contributed by atoms with Crippen molar-refractivity contribution in [2.45, 2.75) is 50.7 Å². The predicted molar refractivity (Wildman–Crippen MR) is 127 cm³/mol. The van der Waals surface area contributed by atoms with Crippen molar-refractivity contribution >= 4 is 21.4 Å². The average molecular weight is 521 g/mol. The predicted octanol–water partition coefficient (Wildman–Crippen LogP) is 3.55. The highest BCUT2D eigenvalue weighted by Crippen LogP contribution is 2.41. The third-order valence-electron chi connectivity index (χ3n) is 6.68. The molecule has 1 aliphatic carbocycles. The van der Waals surface area contributed by atoms with Crippen molar-refractivity contribution < 1.29 is 31.5 Å². The number of imidazole rings is 1. The maximum absolute atomic E-state index is 14.0. The first-order chi connectivity index (χ1) is 16.9. The molecule has 3 aromatic rings. The Hall–Kier alpha value is -3.28. The fourth-order valence-electron chi connectivity index (χ4n) is 4.02. The Kier molecular flexibility index (Phi) is 5.89. The second-order valence-corrected chi connectivity index (χ2v) is 12.1. The summed E-state index contributed by atoms with van der Waals surface area (Å²) in [7, 11) is -3.06. The molecule has 192 valence electrons. The molecule has 4 heterocycles. The number of aromatic nitrogens is 3. The molecule has 12 heteroatoms. The Morgan fingerprint density at radius 2 is 1.92 bits per heavy atom. The molecule has 1 amide bonds. The molecule has 0 bridgehead atoms. The zero-order chi connectivity index (χ0) is 25.7. The zero-order valence-electron chi connectivity index (χ0n) is 19.9. The highest BCUT2D eigenvalue weighted by molar-refractivity contribution is 7.91. The number of carbonyl (C=O) groups is 1. The van der Waals surface area contributed by atoms with Crippen molar-refractivity contribution in [2.75, 3.05) is 18.1 Å². The van der Waals surface area contributed by atoms with Crippen LogP contribution in [0.15, 0.2) is 30.6 Å². The number of rotatable bonds is 7. The summed E-state index contributed by atoms with van der Waals surface area (Å²) in [6.45, 7) is 3.37. The van der Waals surface area contributed by atoms with Crippen LogP contribution in [-0.4, -0.2) is 58.0 Å². The van der Waals surface area contributed by atoms with E-state index in [1.165, 1.54) is 0 Å². The van der Waals surface area contributed by atoms with Crippen LogP contribution >= 0.6 is 0 Å². The van der Waals surface area contributed by atoms with Crippen molar-refractivity contribution in [3.05, 3.63) is 47.8 Å². The molecule has 2 aliphatic rings. The SMILES string of the molecule is Cc1c(Oc2ncc(F)cc2OCC2(F)CC2)ccc2nc(C(=O)NC3(C)CCS(=O)(=O)CC3)cn12. The highest BCUT2D eigenvalue weighted by Gasteiger charge is 2.44. The highest BCUT2D eigenvalue weighted by atomic mass is 32.2. The lowest BCUT2D eigenvalue weighted by atomic mass is 9.95. The van der Waals surface area contributed by atoms with E-state index in [1.54, 1.807) is 29.7 Å². The third-order valence-corrected chi connectivity index (χ3v) is 8.34. The Labute approximate surface area is 206 Å². The van der Waals surface area contributed by atoms with E-state index in [2.05, 4.69) is 15.3 Å². The van der Waals surface area contributed by atoms with Crippen LogP contribution in [0.5, 0.6) is 17.4 Å². The van der Waals surface area contributed by atoms with Gasteiger partial charge in [0, 0.05) is 17.8 Å². The normalized spacial score (nSPS) is 19.6. The molecule has 0 atom stereocenters. The standard InChI is InChI=1S/C24H26F2N4O5S/c1-15-18(35-22-19(11-16(25)12-27-22)34-14-24(26)5-6-24)3-4-20-28-17(13-30(15)20)21(31)29-23(2)7-9-36(32,33)10-8-23/h3-4,11-13H,5-10,14H2,1-2H3,(H,29,31). The molecule has 1 saturated carbocycles. The van der Waals surface area contributed by atoms with E-state index >= 15 is 0 Å². The maximum atomic E-state index is 14.0. The lowest BCUT2D eigenvalue weighted by Crippen LogP contribution is -2.51. The summed E-state index contributed by atoms with van der Waals surface area (Å²) < 4.78 is 64.3. The van der Waals surface area contributed by atoms with Gasteiger partial charge in [0.2, 0.25) is 0 Å². The summed E-state index contributed by atoms with van der Waals surface area (Å²) in [5, 5.41) is 2.93. The zero-order valence-corrected chi connectivity index (χ0v) is 20.7. The summed E-state index contributed by atoms with van der Waals surface area (Å²) >= 11 is 0. The molecule has 0 unspecified atom stereocenters. The van der Waals surface area contributed by atoms with E-state index in [0.29, 0.717) is 42.8 Å². The third kappa shape index (κ3) is 5.13. The fraction of sp³-hybridized carbons (Fsp3) is 0.458. The number of hydrogen-bond donors (Lipinski definition) is 1. The van der Waals surface area contributed by atoms with Crippen LogP contribution in [0.25, 0.3) is 5.65 Å². The Bertz CT molecular complexity index is 1440. The summed E-state index contributed by atoms with van der Waals surface area (Å²) in [5.41, 5.74) is -0.764. The Morgan fingerprint density at radius 3 is 2.61 bits per heavy atom. The van der Waals surface area contributed by atoms with Crippen LogP contribution < -0.4 is 14.8 Å². The molecule has 0 aromatic carbocycles. The van der Waals surface area contributed by atoms with Crippen molar-refractivity contribution in [3.63, 3.8) is 0 Å². The monoisotopic (exact) mass is 520 g/mol. The van der Waals surface area contributed by atoms with E-state index in [9.17, 15) is 22.0 Å². The molecule has 1 aliphatic heterocycles. The summed E-state index contributed by atoms with van der Waals surface area (Å²) in [6.07, 6.45) is 4.02. The van der Waals surface area contributed by atoms with Gasteiger partial charge in [-0.25, -0.2) is 27.2 Å². The minimum Gasteiger partial charge on any atom is -0.484 e. The minimum atomic E-state index is -3.06. The smallest absolute Gasteiger partial charge is 0.271 e. The van der Waals surface area contributed by atoms with Gasteiger partial charge < -0.3 is 14.8 Å². The van der Waals surface area contributed by atoms with E-state index in [0.717, 1.165) is 12.3 Å². The van der Waals surface area contributed by atoms with E-state index in [1.807, 2.05) is 6.92 Å². The van der Waals surface area contributed by atoms with Gasteiger partial charge in [-0.05, 0) is 51.7 Å². The topological polar surface area (TPSA) is 112 Å². The largest absolute Gasteiger partial charge is 0.484 e. The van der Waals surface area contributed by atoms with Crippen LogP contribution in [-0.2, 0) is 9.84 Å². The van der Waals surface area contributed by atoms with Gasteiger partial charge in [0.1, 0.15) is 45.0 Å². The molecule has 0 radical (unpaired) electrons. The van der Waals surface area contributed by atoms with Gasteiger partial charge in [-0.2, -0.15) is 0 Å². The van der Waals surface area contributed by atoms with Gasteiger partial charge in [0.05, 0.1) is 23.4 Å². The van der Waals surface area contributed by atoms with Crippen molar-refractivity contribution in [3.8, 4) is 17.4 Å². The molecule has 1 N–H and O–H groups in total. The first kappa shape index (κ1) is 24.4. The first-order valence-corrected chi connectivity index (χ1v) is 13.4. The maximum Gasteiger partial charge on any atom is 0.271 e. The Balaban J connectivity index is 1.35. The van der Waals surface area contributed by atoms with Crippen LogP contribution in [0, 0.1) is 12.7 Å². The molecule has 5 rings (SSSR count). The number of halogens is 2. The van der Waals surface area contributed by atoms with Gasteiger partial charge in [0.15, 0.2) is 5.75 Å². The lowest BCUT2D eigenvalue weighted by molar-refractivity contribution is 0.0895. The van der Waals surface area contributed by atoms with Crippen LogP contribution in [0.2, 0.25) is 0 Å². The number of fused-ring (bicyclic) bond motifs is 1. The van der Waals surface area contributed by atoms with Crippen molar-refractivity contribution in [1.29, 1.82) is 0 Å². The average Bonchev–Trinajstić information content (AvgIpc) is 3.39. The van der Waals surface area contributed by atoms with Gasteiger partial charge >= 0.3 is 0 Å². The molecule has 3 aromatic heterocycles. The number of pyridine rings is 2. The van der Waals surface area contributed by atoms with Crippen LogP contribution in [0.1, 0.15) is 48.8 Å². The number of hydrogen-bond acceptors (Lipinski definition) is 7. The summed E-state index contributed by atoms with van der Waals surface area (Å²) in [4.78, 5) is 21.3. The molecule has 36 heavy (non-hydrogen) atoms. The molecular formula is C24H26F2N4O5S. The number of aryl methyl sites for hydroxylation is 1. The number of carbonyl (C=O) groups excluding carboxylic acids is 1.